The summed E-state index contributed by atoms with van der Waals surface area (Å²) < 4.78 is 13.4. The molecule has 130 valence electrons. The van der Waals surface area contributed by atoms with Crippen molar-refractivity contribution in [2.75, 3.05) is 18.0 Å². The van der Waals surface area contributed by atoms with E-state index in [1.165, 1.54) is 6.33 Å². The predicted octanol–water partition coefficient (Wildman–Crippen LogP) is 1.64. The standard InChI is InChI=1S/C16H14FN5O2S.K.H/c17-9-3-5-22(6-4-9)14-13-11(18-8-19-14)2-1-10(20-13)7-12-15(23)21-16(24)25-12;;/h1-2,7-9H,3-6H2,(H,21,23,24);;. The van der Waals surface area contributed by atoms with Crippen LogP contribution in [0.15, 0.2) is 23.4 Å². The average Bonchev–Trinajstić information content (AvgIpc) is 2.92. The van der Waals surface area contributed by atoms with Crippen molar-refractivity contribution in [3.8, 4) is 0 Å². The van der Waals surface area contributed by atoms with E-state index < -0.39 is 17.3 Å². The molecule has 2 amide bonds. The van der Waals surface area contributed by atoms with Gasteiger partial charge in [-0.2, -0.15) is 0 Å². The number of halogens is 1. The maximum atomic E-state index is 13.4. The zero-order chi connectivity index (χ0) is 17.4. The van der Waals surface area contributed by atoms with Crippen molar-refractivity contribution >= 4 is 97.2 Å². The number of carbonyl (C=O) groups excluding carboxylic acids is 2. The monoisotopic (exact) mass is 399 g/mol. The second-order valence-electron chi connectivity index (χ2n) is 5.82. The van der Waals surface area contributed by atoms with Gasteiger partial charge in [0.25, 0.3) is 11.1 Å². The predicted molar refractivity (Wildman–Crippen MR) is 99.9 cm³/mol. The number of aromatic nitrogens is 3. The number of piperidine rings is 1. The van der Waals surface area contributed by atoms with Crippen LogP contribution >= 0.6 is 11.8 Å². The zero-order valence-electron chi connectivity index (χ0n) is 13.1. The fourth-order valence-electron chi connectivity index (χ4n) is 2.87. The van der Waals surface area contributed by atoms with Crippen LogP contribution in [0, 0.1) is 0 Å². The Morgan fingerprint density at radius 3 is 2.69 bits per heavy atom. The van der Waals surface area contributed by atoms with E-state index in [1.807, 2.05) is 4.90 Å². The molecule has 0 saturated carbocycles. The van der Waals surface area contributed by atoms with Crippen LogP contribution in [0.2, 0.25) is 0 Å². The van der Waals surface area contributed by atoms with E-state index in [1.54, 1.807) is 18.2 Å². The first kappa shape index (κ1) is 19.8. The van der Waals surface area contributed by atoms with Gasteiger partial charge in [-0.05, 0) is 42.8 Å². The van der Waals surface area contributed by atoms with Gasteiger partial charge in [0.1, 0.15) is 18.0 Å². The zero-order valence-corrected chi connectivity index (χ0v) is 13.9. The Kier molecular flexibility index (Phi) is 6.41. The Morgan fingerprint density at radius 2 is 2.00 bits per heavy atom. The van der Waals surface area contributed by atoms with Gasteiger partial charge >= 0.3 is 51.4 Å². The number of nitrogens with zero attached hydrogens (tertiary/aromatic N) is 4. The van der Waals surface area contributed by atoms with Crippen LogP contribution in [0.5, 0.6) is 0 Å². The fraction of sp³-hybridized carbons (Fsp3) is 0.312. The van der Waals surface area contributed by atoms with Gasteiger partial charge in [0.15, 0.2) is 5.82 Å². The number of anilines is 1. The first-order chi connectivity index (χ1) is 12.1. The van der Waals surface area contributed by atoms with Gasteiger partial charge in [0.05, 0.1) is 16.1 Å². The molecule has 2 aliphatic rings. The van der Waals surface area contributed by atoms with Crippen LogP contribution in [0.3, 0.4) is 0 Å². The van der Waals surface area contributed by atoms with Gasteiger partial charge in [-0.3, -0.25) is 14.9 Å². The number of nitrogens with one attached hydrogen (secondary N) is 1. The van der Waals surface area contributed by atoms with Gasteiger partial charge in [0.2, 0.25) is 0 Å². The quantitative estimate of drug-likeness (QED) is 0.607. The molecule has 2 saturated heterocycles. The van der Waals surface area contributed by atoms with E-state index in [0.29, 0.717) is 53.4 Å². The number of thioether (sulfide) groups is 1. The van der Waals surface area contributed by atoms with Crippen molar-refractivity contribution in [1.82, 2.24) is 20.3 Å². The molecule has 10 heteroatoms. The summed E-state index contributed by atoms with van der Waals surface area (Å²) in [6.07, 6.45) is 3.20. The first-order valence-electron chi connectivity index (χ1n) is 7.86. The Hall–Kier alpha value is -0.914. The number of amides is 2. The molecule has 7 nitrogen and oxygen atoms in total. The minimum absolute atomic E-state index is 0. The van der Waals surface area contributed by atoms with Crippen LogP contribution in [-0.2, 0) is 4.79 Å². The average molecular weight is 399 g/mol. The molecule has 0 aliphatic carbocycles. The van der Waals surface area contributed by atoms with Crippen molar-refractivity contribution < 1.29 is 14.0 Å². The van der Waals surface area contributed by atoms with E-state index in [4.69, 9.17) is 0 Å². The number of hydrogen-bond acceptors (Lipinski definition) is 7. The molecule has 2 fully saturated rings. The topological polar surface area (TPSA) is 88.1 Å². The minimum atomic E-state index is -0.770. The van der Waals surface area contributed by atoms with Gasteiger partial charge in [-0.15, -0.1) is 0 Å². The molecule has 1 N–H and O–H groups in total. The molecule has 2 aromatic rings. The summed E-state index contributed by atoms with van der Waals surface area (Å²) in [6, 6.07) is 3.53. The molecular formula is C16H15FKN5O2S. The molecule has 26 heavy (non-hydrogen) atoms. The number of alkyl halides is 1. The summed E-state index contributed by atoms with van der Waals surface area (Å²) in [5.41, 5.74) is 1.81. The number of rotatable bonds is 2. The van der Waals surface area contributed by atoms with Gasteiger partial charge < -0.3 is 4.90 Å². The second kappa shape index (κ2) is 8.40. The van der Waals surface area contributed by atoms with Crippen LogP contribution in [0.25, 0.3) is 17.1 Å². The van der Waals surface area contributed by atoms with E-state index in [2.05, 4.69) is 20.3 Å². The molecule has 0 spiro atoms. The Morgan fingerprint density at radius 1 is 1.23 bits per heavy atom. The van der Waals surface area contributed by atoms with Gasteiger partial charge in [0, 0.05) is 13.1 Å². The Bertz CT molecular complexity index is 901. The van der Waals surface area contributed by atoms with Crippen molar-refractivity contribution in [2.45, 2.75) is 19.0 Å². The fourth-order valence-corrected chi connectivity index (χ4v) is 3.54. The Balaban J connectivity index is 0.00000196. The molecule has 0 radical (unpaired) electrons. The molecule has 4 rings (SSSR count). The third-order valence-corrected chi connectivity index (χ3v) is 4.94. The second-order valence-corrected chi connectivity index (χ2v) is 6.83. The first-order valence-corrected chi connectivity index (χ1v) is 8.67. The van der Waals surface area contributed by atoms with E-state index in [0.717, 1.165) is 11.8 Å². The van der Waals surface area contributed by atoms with Gasteiger partial charge in [-0.1, -0.05) is 0 Å². The summed E-state index contributed by atoms with van der Waals surface area (Å²) in [4.78, 5) is 38.3. The number of imide groups is 1. The molecule has 0 atom stereocenters. The van der Waals surface area contributed by atoms with Gasteiger partial charge in [-0.25, -0.2) is 19.3 Å². The molecule has 0 bridgehead atoms. The van der Waals surface area contributed by atoms with Crippen LogP contribution in [-0.4, -0.2) is 96.7 Å². The number of pyridine rings is 1. The van der Waals surface area contributed by atoms with E-state index in [-0.39, 0.29) is 51.4 Å². The molecular weight excluding hydrogens is 384 g/mol. The maximum absolute atomic E-state index is 13.4. The summed E-state index contributed by atoms with van der Waals surface area (Å²) in [6.45, 7) is 1.15. The number of hydrogen-bond donors (Lipinski definition) is 1. The molecule has 2 aliphatic heterocycles. The third kappa shape index (κ3) is 4.15. The summed E-state index contributed by atoms with van der Waals surface area (Å²) in [7, 11) is 0. The summed E-state index contributed by atoms with van der Waals surface area (Å²) in [5.74, 6) is 0.239. The molecule has 4 heterocycles. The molecule has 2 aromatic heterocycles. The number of carbonyl (C=O) groups is 2. The summed E-state index contributed by atoms with van der Waals surface area (Å²) in [5, 5.41) is 1.82. The van der Waals surface area contributed by atoms with E-state index in [9.17, 15) is 14.0 Å². The van der Waals surface area contributed by atoms with Crippen molar-refractivity contribution in [2.24, 2.45) is 0 Å². The molecule has 0 unspecified atom stereocenters. The number of fused-ring (bicyclic) bond motifs is 1. The van der Waals surface area contributed by atoms with Crippen LogP contribution in [0.4, 0.5) is 15.0 Å². The van der Waals surface area contributed by atoms with Crippen LogP contribution < -0.4 is 10.2 Å². The van der Waals surface area contributed by atoms with Crippen LogP contribution in [0.1, 0.15) is 18.5 Å². The van der Waals surface area contributed by atoms with Crippen molar-refractivity contribution in [3.05, 3.63) is 29.1 Å². The third-order valence-electron chi connectivity index (χ3n) is 4.13. The SMILES string of the molecule is O=C1NC(=O)C(=Cc2ccc3ncnc(N4CCC(F)CC4)c3n2)S1.[KH]. The van der Waals surface area contributed by atoms with Crippen molar-refractivity contribution in [3.63, 3.8) is 0 Å². The molecule has 0 aromatic carbocycles. The Labute approximate surface area is 195 Å². The van der Waals surface area contributed by atoms with E-state index >= 15 is 0 Å². The normalized spacial score (nSPS) is 19.7. The summed E-state index contributed by atoms with van der Waals surface area (Å²) >= 11 is 0.845. The van der Waals surface area contributed by atoms with Crippen molar-refractivity contribution in [1.29, 1.82) is 0 Å².